The fourth-order valence-corrected chi connectivity index (χ4v) is 4.47. The first-order valence-corrected chi connectivity index (χ1v) is 11.6. The van der Waals surface area contributed by atoms with Crippen LogP contribution in [0.2, 0.25) is 0 Å². The Morgan fingerprint density at radius 3 is 2.58 bits per heavy atom. The molecular formula is C27H23N5O6. The number of nitrogens with two attached hydrogens (primary N) is 1. The molecule has 5 N–H and O–H groups in total. The molecule has 0 saturated heterocycles. The molecule has 0 fully saturated rings. The number of nitrogen functional groups attached to an aromatic ring is 1. The molecular weight excluding hydrogens is 490 g/mol. The van der Waals surface area contributed by atoms with E-state index in [1.165, 1.54) is 25.3 Å². The lowest BCUT2D eigenvalue weighted by atomic mass is 10.0. The molecule has 5 rings (SSSR count). The second kappa shape index (κ2) is 9.79. The molecule has 0 saturated carbocycles. The van der Waals surface area contributed by atoms with Crippen LogP contribution in [0.3, 0.4) is 0 Å². The van der Waals surface area contributed by atoms with Crippen LogP contribution in [0.1, 0.15) is 17.2 Å². The number of amides is 1. The minimum Gasteiger partial charge on any atom is -0.480 e. The van der Waals surface area contributed by atoms with Gasteiger partial charge in [-0.1, -0.05) is 30.3 Å². The van der Waals surface area contributed by atoms with Crippen LogP contribution in [0.4, 0.5) is 11.4 Å². The first-order chi connectivity index (χ1) is 18.3. The van der Waals surface area contributed by atoms with Crippen LogP contribution in [0.25, 0.3) is 16.6 Å². The lowest BCUT2D eigenvalue weighted by Gasteiger charge is -2.17. The number of carboxylic acids is 1. The third kappa shape index (κ3) is 4.46. The van der Waals surface area contributed by atoms with E-state index in [-0.39, 0.29) is 17.5 Å². The van der Waals surface area contributed by atoms with Crippen LogP contribution in [0.15, 0.2) is 81.3 Å². The van der Waals surface area contributed by atoms with Crippen LogP contribution < -0.4 is 22.3 Å². The molecule has 38 heavy (non-hydrogen) atoms. The molecule has 0 radical (unpaired) electrons. The summed E-state index contributed by atoms with van der Waals surface area (Å²) in [6.45, 7) is 0. The average molecular weight is 514 g/mol. The zero-order chi connectivity index (χ0) is 27.0. The largest absolute Gasteiger partial charge is 0.480 e. The van der Waals surface area contributed by atoms with Crippen molar-refractivity contribution >= 4 is 39.9 Å². The summed E-state index contributed by atoms with van der Waals surface area (Å²) >= 11 is 0. The zero-order valence-corrected chi connectivity index (χ0v) is 20.2. The molecule has 2 atom stereocenters. The van der Waals surface area contributed by atoms with E-state index in [1.54, 1.807) is 48.5 Å². The van der Waals surface area contributed by atoms with Gasteiger partial charge in [-0.15, -0.1) is 0 Å². The van der Waals surface area contributed by atoms with Crippen molar-refractivity contribution in [2.75, 3.05) is 12.8 Å². The highest BCUT2D eigenvalue weighted by molar-refractivity contribution is 6.42. The van der Waals surface area contributed by atoms with Gasteiger partial charge in [0.05, 0.1) is 22.3 Å². The average Bonchev–Trinajstić information content (AvgIpc) is 3.28. The maximum atomic E-state index is 13.0. The van der Waals surface area contributed by atoms with Crippen molar-refractivity contribution in [3.63, 3.8) is 0 Å². The summed E-state index contributed by atoms with van der Waals surface area (Å²) in [5, 5.41) is 12.5. The number of carboxylic acid groups (broad SMARTS) is 1. The van der Waals surface area contributed by atoms with Gasteiger partial charge in [0, 0.05) is 24.8 Å². The number of aliphatic imine (C=N–C) groups is 1. The summed E-state index contributed by atoms with van der Waals surface area (Å²) in [5.74, 6) is -1.88. The van der Waals surface area contributed by atoms with Crippen LogP contribution in [0.5, 0.6) is 0 Å². The first-order valence-electron chi connectivity index (χ1n) is 11.6. The van der Waals surface area contributed by atoms with Gasteiger partial charge >= 0.3 is 11.7 Å². The number of aliphatic carboxylic acids is 1. The maximum absolute atomic E-state index is 13.0. The molecule has 11 nitrogen and oxygen atoms in total. The smallest absolute Gasteiger partial charge is 0.333 e. The highest BCUT2D eigenvalue weighted by Gasteiger charge is 2.33. The Bertz CT molecular complexity index is 1720. The SMILES string of the molecule is COC1C(C(=O)NC(Cc2ccc(-n3c(=O)[nH]c4ccc(N)cc4c3=O)cc2)C(=O)O)=Nc2ccccc21. The monoisotopic (exact) mass is 513 g/mol. The molecule has 1 amide bonds. The van der Waals surface area contributed by atoms with Gasteiger partial charge < -0.3 is 25.9 Å². The molecule has 4 aromatic rings. The number of aromatic amines is 1. The van der Waals surface area contributed by atoms with E-state index >= 15 is 0 Å². The number of carbonyl (C=O) groups is 2. The Kier molecular flexibility index (Phi) is 6.35. The number of benzene rings is 3. The number of anilines is 1. The van der Waals surface area contributed by atoms with E-state index in [4.69, 9.17) is 10.5 Å². The third-order valence-electron chi connectivity index (χ3n) is 6.34. The Labute approximate surface area is 215 Å². The Morgan fingerprint density at radius 2 is 1.87 bits per heavy atom. The number of H-pyrrole nitrogens is 1. The van der Waals surface area contributed by atoms with E-state index in [0.29, 0.717) is 28.1 Å². The van der Waals surface area contributed by atoms with Gasteiger partial charge in [-0.25, -0.2) is 19.1 Å². The quantitative estimate of drug-likeness (QED) is 0.273. The van der Waals surface area contributed by atoms with Crippen molar-refractivity contribution in [1.82, 2.24) is 14.9 Å². The molecule has 2 unspecified atom stereocenters. The number of rotatable bonds is 7. The van der Waals surface area contributed by atoms with Gasteiger partial charge in [0.1, 0.15) is 17.9 Å². The number of methoxy groups -OCH3 is 1. The van der Waals surface area contributed by atoms with Crippen molar-refractivity contribution in [3.05, 3.63) is 98.7 Å². The fourth-order valence-electron chi connectivity index (χ4n) is 4.47. The number of aromatic nitrogens is 2. The number of ether oxygens (including phenoxy) is 1. The van der Waals surface area contributed by atoms with Crippen molar-refractivity contribution < 1.29 is 19.4 Å². The molecule has 3 aromatic carbocycles. The van der Waals surface area contributed by atoms with E-state index in [2.05, 4.69) is 15.3 Å². The van der Waals surface area contributed by atoms with Crippen LogP contribution in [-0.4, -0.2) is 45.4 Å². The number of fused-ring (bicyclic) bond motifs is 2. The molecule has 192 valence electrons. The van der Waals surface area contributed by atoms with Crippen LogP contribution in [-0.2, 0) is 20.7 Å². The molecule has 11 heteroatoms. The molecule has 1 aromatic heterocycles. The maximum Gasteiger partial charge on any atom is 0.333 e. The predicted octanol–water partition coefficient (Wildman–Crippen LogP) is 1.85. The topological polar surface area (TPSA) is 169 Å². The molecule has 0 bridgehead atoms. The van der Waals surface area contributed by atoms with E-state index in [1.807, 2.05) is 0 Å². The predicted molar refractivity (Wildman–Crippen MR) is 141 cm³/mol. The molecule has 0 aliphatic carbocycles. The van der Waals surface area contributed by atoms with Crippen molar-refractivity contribution in [2.24, 2.45) is 4.99 Å². The van der Waals surface area contributed by atoms with E-state index in [0.717, 1.165) is 10.1 Å². The number of para-hydroxylation sites is 1. The lowest BCUT2D eigenvalue weighted by molar-refractivity contribution is -0.141. The minimum absolute atomic E-state index is 0.0429. The van der Waals surface area contributed by atoms with Crippen molar-refractivity contribution in [1.29, 1.82) is 0 Å². The standard InChI is InChI=1S/C27H23N5O6/c1-38-23-17-4-2-3-5-19(17)29-22(23)24(33)30-21(26(35)36)12-14-6-9-16(10-7-14)32-25(34)18-13-15(28)8-11-20(18)31-27(32)37/h2-11,13,21,23H,12,28H2,1H3,(H,30,33)(H,31,37)(H,35,36). The second-order valence-corrected chi connectivity index (χ2v) is 8.78. The van der Waals surface area contributed by atoms with Gasteiger partial charge in [-0.05, 0) is 42.0 Å². The highest BCUT2D eigenvalue weighted by atomic mass is 16.5. The first kappa shape index (κ1) is 24.7. The number of hydrogen-bond donors (Lipinski definition) is 4. The third-order valence-corrected chi connectivity index (χ3v) is 6.34. The van der Waals surface area contributed by atoms with Gasteiger partial charge in [-0.3, -0.25) is 9.59 Å². The summed E-state index contributed by atoms with van der Waals surface area (Å²) in [5.41, 5.74) is 7.63. The minimum atomic E-state index is -1.26. The van der Waals surface area contributed by atoms with Crippen molar-refractivity contribution in [3.8, 4) is 5.69 Å². The lowest BCUT2D eigenvalue weighted by Crippen LogP contribution is -2.46. The highest BCUT2D eigenvalue weighted by Crippen LogP contribution is 2.35. The Balaban J connectivity index is 1.37. The Morgan fingerprint density at radius 1 is 1.13 bits per heavy atom. The van der Waals surface area contributed by atoms with Crippen LogP contribution >= 0.6 is 0 Å². The zero-order valence-electron chi connectivity index (χ0n) is 20.2. The van der Waals surface area contributed by atoms with Gasteiger partial charge in [0.25, 0.3) is 11.5 Å². The van der Waals surface area contributed by atoms with E-state index in [9.17, 15) is 24.3 Å². The molecule has 2 heterocycles. The number of hydrogen-bond acceptors (Lipinski definition) is 7. The van der Waals surface area contributed by atoms with Gasteiger partial charge in [0.2, 0.25) is 0 Å². The van der Waals surface area contributed by atoms with Gasteiger partial charge in [-0.2, -0.15) is 0 Å². The van der Waals surface area contributed by atoms with Crippen molar-refractivity contribution in [2.45, 2.75) is 18.6 Å². The summed E-state index contributed by atoms with van der Waals surface area (Å²) in [4.78, 5) is 57.5. The fraction of sp³-hybridized carbons (Fsp3) is 0.148. The van der Waals surface area contributed by atoms with E-state index < -0.39 is 35.3 Å². The summed E-state index contributed by atoms with van der Waals surface area (Å²) in [6.07, 6.45) is -0.743. The summed E-state index contributed by atoms with van der Waals surface area (Å²) in [6, 6.07) is 16.8. The second-order valence-electron chi connectivity index (χ2n) is 8.78. The number of nitrogens with zero attached hydrogens (tertiary/aromatic N) is 2. The van der Waals surface area contributed by atoms with Crippen LogP contribution in [0, 0.1) is 0 Å². The summed E-state index contributed by atoms with van der Waals surface area (Å²) < 4.78 is 6.41. The number of carbonyl (C=O) groups excluding carboxylic acids is 1. The molecule has 1 aliphatic rings. The van der Waals surface area contributed by atoms with Gasteiger partial charge in [0.15, 0.2) is 0 Å². The normalized spacial score (nSPS) is 15.1. The number of nitrogens with one attached hydrogen (secondary N) is 2. The molecule has 0 spiro atoms. The Hall–Kier alpha value is -5.03. The summed E-state index contributed by atoms with van der Waals surface area (Å²) in [7, 11) is 1.45. The molecule has 1 aliphatic heterocycles.